The van der Waals surface area contributed by atoms with E-state index in [1.54, 1.807) is 0 Å². The molecule has 0 N–H and O–H groups in total. The predicted octanol–water partition coefficient (Wildman–Crippen LogP) is 1.65. The number of hydrogen-bond acceptors (Lipinski definition) is 4. The number of esters is 1. The van der Waals surface area contributed by atoms with Gasteiger partial charge in [-0.25, -0.2) is 0 Å². The Balaban J connectivity index is 1.68. The van der Waals surface area contributed by atoms with E-state index in [1.165, 1.54) is 7.11 Å². The summed E-state index contributed by atoms with van der Waals surface area (Å²) in [5, 5.41) is 0. The second kappa shape index (κ2) is 6.15. The number of carbonyl (C=O) groups is 1. The lowest BCUT2D eigenvalue weighted by Crippen LogP contribution is -2.20. The molecular formula is C13H22O4S. The van der Waals surface area contributed by atoms with Gasteiger partial charge in [0.2, 0.25) is 0 Å². The van der Waals surface area contributed by atoms with Crippen LogP contribution in [0.1, 0.15) is 38.5 Å². The van der Waals surface area contributed by atoms with Crippen molar-refractivity contribution in [3.8, 4) is 0 Å². The fourth-order valence-electron chi connectivity index (χ4n) is 2.48. The zero-order valence-electron chi connectivity index (χ0n) is 11.0. The van der Waals surface area contributed by atoms with Gasteiger partial charge in [0.25, 0.3) is 0 Å². The molecular weight excluding hydrogens is 252 g/mol. The largest absolute Gasteiger partial charge is 0.469 e. The Morgan fingerprint density at radius 2 is 2.28 bits per heavy atom. The van der Waals surface area contributed by atoms with Crippen molar-refractivity contribution in [1.82, 2.24) is 0 Å². The average Bonchev–Trinajstić information content (AvgIpc) is 2.91. The van der Waals surface area contributed by atoms with E-state index in [9.17, 15) is 9.00 Å². The number of hydrogen-bond donors (Lipinski definition) is 0. The third-order valence-corrected chi connectivity index (χ3v) is 5.49. The van der Waals surface area contributed by atoms with Crippen molar-refractivity contribution in [2.75, 3.05) is 25.2 Å². The molecule has 2 aliphatic rings. The molecule has 0 aromatic carbocycles. The highest BCUT2D eigenvalue weighted by molar-refractivity contribution is 7.85. The van der Waals surface area contributed by atoms with E-state index >= 15 is 0 Å². The number of ether oxygens (including phenoxy) is 2. The lowest BCUT2D eigenvalue weighted by molar-refractivity contribution is -0.141. The van der Waals surface area contributed by atoms with Crippen LogP contribution in [0.4, 0.5) is 0 Å². The Labute approximate surface area is 111 Å². The second-order valence-corrected chi connectivity index (χ2v) is 7.04. The molecule has 0 aromatic heterocycles. The van der Waals surface area contributed by atoms with Gasteiger partial charge in [0, 0.05) is 28.9 Å². The molecule has 2 unspecified atom stereocenters. The summed E-state index contributed by atoms with van der Waals surface area (Å²) < 4.78 is 22.2. The first-order valence-electron chi connectivity index (χ1n) is 6.67. The van der Waals surface area contributed by atoms with Gasteiger partial charge < -0.3 is 9.47 Å². The Morgan fingerprint density at radius 3 is 2.83 bits per heavy atom. The van der Waals surface area contributed by atoms with Crippen LogP contribution in [0, 0.1) is 5.41 Å². The van der Waals surface area contributed by atoms with E-state index in [4.69, 9.17) is 9.47 Å². The summed E-state index contributed by atoms with van der Waals surface area (Å²) in [6.45, 7) is 0.851. The highest BCUT2D eigenvalue weighted by Gasteiger charge is 2.45. The third-order valence-electron chi connectivity index (χ3n) is 3.86. The first-order valence-corrected chi connectivity index (χ1v) is 8.16. The molecule has 18 heavy (non-hydrogen) atoms. The molecule has 5 heteroatoms. The summed E-state index contributed by atoms with van der Waals surface area (Å²) in [6.07, 6.45) is 5.87. The van der Waals surface area contributed by atoms with Crippen LogP contribution in [0.15, 0.2) is 0 Å². The summed E-state index contributed by atoms with van der Waals surface area (Å²) in [5.74, 6) is 1.17. The maximum Gasteiger partial charge on any atom is 0.306 e. The molecule has 2 atom stereocenters. The van der Waals surface area contributed by atoms with Gasteiger partial charge in [-0.2, -0.15) is 0 Å². The fourth-order valence-corrected chi connectivity index (χ4v) is 4.22. The Kier molecular flexibility index (Phi) is 4.78. The van der Waals surface area contributed by atoms with Crippen molar-refractivity contribution in [3.05, 3.63) is 0 Å². The number of methoxy groups -OCH3 is 1. The summed E-state index contributed by atoms with van der Waals surface area (Å²) >= 11 is 0. The summed E-state index contributed by atoms with van der Waals surface area (Å²) in [6, 6.07) is 0. The van der Waals surface area contributed by atoms with E-state index in [1.807, 2.05) is 0 Å². The smallest absolute Gasteiger partial charge is 0.306 e. The van der Waals surface area contributed by atoms with Crippen molar-refractivity contribution < 1.29 is 18.5 Å². The monoisotopic (exact) mass is 274 g/mol. The lowest BCUT2D eigenvalue weighted by Gasteiger charge is -2.14. The molecule has 2 fully saturated rings. The van der Waals surface area contributed by atoms with E-state index in [0.717, 1.165) is 38.7 Å². The van der Waals surface area contributed by atoms with E-state index < -0.39 is 10.8 Å². The molecule has 1 aliphatic heterocycles. The molecule has 0 spiro atoms. The van der Waals surface area contributed by atoms with Crippen LogP contribution in [0.25, 0.3) is 0 Å². The van der Waals surface area contributed by atoms with E-state index in [-0.39, 0.29) is 11.4 Å². The standard InChI is InChI=1S/C13H22O4S/c1-16-12(14)9-13(5-6-13)10-18(15)8-4-11-3-2-7-17-11/h11H,2-10H2,1H3. The van der Waals surface area contributed by atoms with Crippen molar-refractivity contribution in [2.24, 2.45) is 5.41 Å². The van der Waals surface area contributed by atoms with Crippen molar-refractivity contribution in [3.63, 3.8) is 0 Å². The maximum absolute atomic E-state index is 12.0. The minimum atomic E-state index is -0.829. The maximum atomic E-state index is 12.0. The van der Waals surface area contributed by atoms with Crippen LogP contribution >= 0.6 is 0 Å². The molecule has 1 saturated heterocycles. The topological polar surface area (TPSA) is 52.6 Å². The third kappa shape index (κ3) is 4.05. The Bertz CT molecular complexity index is 319. The zero-order valence-corrected chi connectivity index (χ0v) is 11.8. The van der Waals surface area contributed by atoms with Crippen molar-refractivity contribution in [1.29, 1.82) is 0 Å². The van der Waals surface area contributed by atoms with E-state index in [0.29, 0.717) is 24.0 Å². The first-order chi connectivity index (χ1) is 8.63. The minimum Gasteiger partial charge on any atom is -0.469 e. The number of carbonyl (C=O) groups excluding carboxylic acids is 1. The molecule has 1 saturated carbocycles. The van der Waals surface area contributed by atoms with Gasteiger partial charge in [-0.1, -0.05) is 0 Å². The molecule has 0 amide bonds. The fraction of sp³-hybridized carbons (Fsp3) is 0.923. The van der Waals surface area contributed by atoms with Gasteiger partial charge in [0.1, 0.15) is 0 Å². The lowest BCUT2D eigenvalue weighted by atomic mass is 10.1. The van der Waals surface area contributed by atoms with Crippen LogP contribution < -0.4 is 0 Å². The Morgan fingerprint density at radius 1 is 1.50 bits per heavy atom. The molecule has 4 nitrogen and oxygen atoms in total. The van der Waals surface area contributed by atoms with Crippen LogP contribution in [0.2, 0.25) is 0 Å². The number of rotatable bonds is 7. The van der Waals surface area contributed by atoms with Crippen LogP contribution in [-0.2, 0) is 25.1 Å². The predicted molar refractivity (Wildman–Crippen MR) is 69.8 cm³/mol. The van der Waals surface area contributed by atoms with Gasteiger partial charge in [-0.15, -0.1) is 0 Å². The van der Waals surface area contributed by atoms with E-state index in [2.05, 4.69) is 0 Å². The van der Waals surface area contributed by atoms with Gasteiger partial charge >= 0.3 is 5.97 Å². The van der Waals surface area contributed by atoms with Crippen molar-refractivity contribution in [2.45, 2.75) is 44.6 Å². The zero-order chi connectivity index (χ0) is 13.0. The quantitative estimate of drug-likeness (QED) is 0.662. The van der Waals surface area contributed by atoms with Gasteiger partial charge in [-0.05, 0) is 37.5 Å². The van der Waals surface area contributed by atoms with Crippen LogP contribution in [0.5, 0.6) is 0 Å². The highest BCUT2D eigenvalue weighted by atomic mass is 32.2. The molecule has 2 rings (SSSR count). The van der Waals surface area contributed by atoms with Gasteiger partial charge in [-0.3, -0.25) is 9.00 Å². The second-order valence-electron chi connectivity index (χ2n) is 5.46. The summed E-state index contributed by atoms with van der Waals surface area (Å²) in [7, 11) is 0.580. The van der Waals surface area contributed by atoms with Crippen LogP contribution in [-0.4, -0.2) is 41.5 Å². The summed E-state index contributed by atoms with van der Waals surface area (Å²) in [4.78, 5) is 11.3. The first kappa shape index (κ1) is 14.0. The SMILES string of the molecule is COC(=O)CC1(CS(=O)CCC2CCCO2)CC1. The normalized spacial score (nSPS) is 26.8. The molecule has 1 aliphatic carbocycles. The highest BCUT2D eigenvalue weighted by Crippen LogP contribution is 2.49. The average molecular weight is 274 g/mol. The molecule has 0 bridgehead atoms. The van der Waals surface area contributed by atoms with Crippen molar-refractivity contribution >= 4 is 16.8 Å². The van der Waals surface area contributed by atoms with Crippen LogP contribution in [0.3, 0.4) is 0 Å². The minimum absolute atomic E-state index is 0.0194. The molecule has 1 heterocycles. The molecule has 0 aromatic rings. The molecule has 104 valence electrons. The Hall–Kier alpha value is -0.420. The van der Waals surface area contributed by atoms with Gasteiger partial charge in [0.15, 0.2) is 0 Å². The molecule has 0 radical (unpaired) electrons. The summed E-state index contributed by atoms with van der Waals surface area (Å²) in [5.41, 5.74) is -0.0194. The van der Waals surface area contributed by atoms with Gasteiger partial charge in [0.05, 0.1) is 19.6 Å².